The molecule has 0 aliphatic carbocycles. The third kappa shape index (κ3) is 1.59. The normalized spacial score (nSPS) is 14.5. The van der Waals surface area contributed by atoms with Crippen molar-refractivity contribution in [3.8, 4) is 11.1 Å². The molecule has 0 saturated carbocycles. The molecular formula is C13H12N2O. The highest BCUT2D eigenvalue weighted by Gasteiger charge is 2.14. The fourth-order valence-corrected chi connectivity index (χ4v) is 2.13. The molecule has 2 heterocycles. The maximum atomic E-state index is 5.46. The van der Waals surface area contributed by atoms with Gasteiger partial charge in [0, 0.05) is 18.0 Å². The number of ether oxygens (including phenoxy) is 1. The first-order valence-corrected chi connectivity index (χ1v) is 5.39. The molecule has 2 aromatic rings. The second-order valence-electron chi connectivity index (χ2n) is 3.87. The molecule has 0 fully saturated rings. The van der Waals surface area contributed by atoms with E-state index in [1.54, 1.807) is 6.33 Å². The zero-order valence-electron chi connectivity index (χ0n) is 8.89. The Hall–Kier alpha value is -1.74. The van der Waals surface area contributed by atoms with Crippen LogP contribution in [0.4, 0.5) is 0 Å². The van der Waals surface area contributed by atoms with Crippen LogP contribution in [0.1, 0.15) is 11.1 Å². The molecule has 1 aromatic heterocycles. The summed E-state index contributed by atoms with van der Waals surface area (Å²) < 4.78 is 5.46. The second kappa shape index (κ2) is 4.02. The topological polar surface area (TPSA) is 35.0 Å². The van der Waals surface area contributed by atoms with Crippen LogP contribution in [0.25, 0.3) is 11.1 Å². The summed E-state index contributed by atoms with van der Waals surface area (Å²) in [6.45, 7) is 1.52. The predicted octanol–water partition coefficient (Wildman–Crippen LogP) is 2.22. The molecule has 0 atom stereocenters. The van der Waals surface area contributed by atoms with Crippen molar-refractivity contribution in [2.24, 2.45) is 0 Å². The van der Waals surface area contributed by atoms with Crippen LogP contribution in [0, 0.1) is 0 Å². The first-order chi connectivity index (χ1) is 7.95. The Kier molecular flexibility index (Phi) is 2.38. The van der Waals surface area contributed by atoms with Gasteiger partial charge in [-0.25, -0.2) is 9.97 Å². The van der Waals surface area contributed by atoms with Gasteiger partial charge in [0.15, 0.2) is 0 Å². The minimum Gasteiger partial charge on any atom is -0.376 e. The van der Waals surface area contributed by atoms with Crippen LogP contribution in [0.5, 0.6) is 0 Å². The molecule has 16 heavy (non-hydrogen) atoms. The minimum absolute atomic E-state index is 0.719. The molecule has 1 aliphatic heterocycles. The molecule has 3 rings (SSSR count). The van der Waals surface area contributed by atoms with Crippen LogP contribution in [0.15, 0.2) is 36.9 Å². The number of fused-ring (bicyclic) bond motifs is 1. The Labute approximate surface area is 94.1 Å². The van der Waals surface area contributed by atoms with Crippen molar-refractivity contribution in [1.29, 1.82) is 0 Å². The third-order valence-corrected chi connectivity index (χ3v) is 2.90. The van der Waals surface area contributed by atoms with Crippen molar-refractivity contribution in [3.05, 3.63) is 48.0 Å². The Morgan fingerprint density at radius 2 is 2.00 bits per heavy atom. The van der Waals surface area contributed by atoms with E-state index in [-0.39, 0.29) is 0 Å². The fourth-order valence-electron chi connectivity index (χ4n) is 2.13. The van der Waals surface area contributed by atoms with E-state index in [2.05, 4.69) is 28.2 Å². The zero-order valence-corrected chi connectivity index (χ0v) is 8.89. The maximum absolute atomic E-state index is 5.46. The fraction of sp³-hybridized carbons (Fsp3) is 0.231. The van der Waals surface area contributed by atoms with Crippen molar-refractivity contribution in [2.45, 2.75) is 13.0 Å². The second-order valence-corrected chi connectivity index (χ2v) is 3.87. The molecule has 0 spiro atoms. The van der Waals surface area contributed by atoms with E-state index in [1.165, 1.54) is 16.7 Å². The Balaban J connectivity index is 2.14. The molecule has 0 N–H and O–H groups in total. The third-order valence-electron chi connectivity index (χ3n) is 2.90. The largest absolute Gasteiger partial charge is 0.376 e. The van der Waals surface area contributed by atoms with Gasteiger partial charge in [-0.2, -0.15) is 0 Å². The van der Waals surface area contributed by atoms with Crippen LogP contribution < -0.4 is 0 Å². The van der Waals surface area contributed by atoms with E-state index in [1.807, 2.05) is 12.4 Å². The van der Waals surface area contributed by atoms with E-state index in [4.69, 9.17) is 4.74 Å². The van der Waals surface area contributed by atoms with Crippen LogP contribution in [-0.4, -0.2) is 16.6 Å². The minimum atomic E-state index is 0.719. The van der Waals surface area contributed by atoms with Crippen LogP contribution in [0.2, 0.25) is 0 Å². The lowest BCUT2D eigenvalue weighted by molar-refractivity contribution is 0.111. The molecule has 1 aromatic carbocycles. The van der Waals surface area contributed by atoms with E-state index in [0.29, 0.717) is 0 Å². The van der Waals surface area contributed by atoms with Gasteiger partial charge in [-0.15, -0.1) is 0 Å². The molecule has 3 heteroatoms. The first kappa shape index (κ1) is 9.48. The lowest BCUT2D eigenvalue weighted by atomic mass is 9.94. The summed E-state index contributed by atoms with van der Waals surface area (Å²) >= 11 is 0. The van der Waals surface area contributed by atoms with E-state index in [0.717, 1.165) is 25.2 Å². The van der Waals surface area contributed by atoms with Gasteiger partial charge >= 0.3 is 0 Å². The average Bonchev–Trinajstić information content (AvgIpc) is 2.39. The summed E-state index contributed by atoms with van der Waals surface area (Å²) in [7, 11) is 0. The number of rotatable bonds is 1. The highest BCUT2D eigenvalue weighted by Crippen LogP contribution is 2.28. The smallest absolute Gasteiger partial charge is 0.115 e. The van der Waals surface area contributed by atoms with Gasteiger partial charge in [0.2, 0.25) is 0 Å². The Morgan fingerprint density at radius 1 is 1.12 bits per heavy atom. The quantitative estimate of drug-likeness (QED) is 0.727. The summed E-state index contributed by atoms with van der Waals surface area (Å²) in [6.07, 6.45) is 6.25. The SMILES string of the molecule is c1cc2c(c(-c3cncnc3)c1)CCOC2. The van der Waals surface area contributed by atoms with Crippen molar-refractivity contribution >= 4 is 0 Å². The number of hydrogen-bond donors (Lipinski definition) is 0. The first-order valence-electron chi connectivity index (χ1n) is 5.39. The predicted molar refractivity (Wildman–Crippen MR) is 60.8 cm³/mol. The number of benzene rings is 1. The number of nitrogens with zero attached hydrogens (tertiary/aromatic N) is 2. The van der Waals surface area contributed by atoms with E-state index >= 15 is 0 Å². The number of hydrogen-bond acceptors (Lipinski definition) is 3. The van der Waals surface area contributed by atoms with E-state index in [9.17, 15) is 0 Å². The number of aromatic nitrogens is 2. The van der Waals surface area contributed by atoms with Gasteiger partial charge in [-0.05, 0) is 23.1 Å². The summed E-state index contributed by atoms with van der Waals surface area (Å²) in [5.74, 6) is 0. The lowest BCUT2D eigenvalue weighted by Crippen LogP contribution is -2.10. The molecule has 0 bridgehead atoms. The van der Waals surface area contributed by atoms with Gasteiger partial charge in [-0.3, -0.25) is 0 Å². The van der Waals surface area contributed by atoms with Crippen molar-refractivity contribution in [3.63, 3.8) is 0 Å². The molecule has 0 radical (unpaired) electrons. The summed E-state index contributed by atoms with van der Waals surface area (Å²) in [4.78, 5) is 8.14. The molecule has 0 unspecified atom stereocenters. The highest BCUT2D eigenvalue weighted by atomic mass is 16.5. The molecule has 0 saturated heterocycles. The van der Waals surface area contributed by atoms with Crippen LogP contribution in [-0.2, 0) is 17.8 Å². The average molecular weight is 212 g/mol. The summed E-state index contributed by atoms with van der Waals surface area (Å²) in [6, 6.07) is 6.32. The van der Waals surface area contributed by atoms with E-state index < -0.39 is 0 Å². The molecule has 1 aliphatic rings. The van der Waals surface area contributed by atoms with Crippen molar-refractivity contribution in [1.82, 2.24) is 9.97 Å². The lowest BCUT2D eigenvalue weighted by Gasteiger charge is -2.19. The monoisotopic (exact) mass is 212 g/mol. The van der Waals surface area contributed by atoms with Gasteiger partial charge in [0.05, 0.1) is 13.2 Å². The van der Waals surface area contributed by atoms with Crippen molar-refractivity contribution in [2.75, 3.05) is 6.61 Å². The van der Waals surface area contributed by atoms with Gasteiger partial charge < -0.3 is 4.74 Å². The van der Waals surface area contributed by atoms with Gasteiger partial charge in [0.25, 0.3) is 0 Å². The molecule has 0 amide bonds. The zero-order chi connectivity index (χ0) is 10.8. The Bertz CT molecular complexity index is 497. The molecular weight excluding hydrogens is 200 g/mol. The van der Waals surface area contributed by atoms with Crippen LogP contribution in [0.3, 0.4) is 0 Å². The highest BCUT2D eigenvalue weighted by molar-refractivity contribution is 5.67. The maximum Gasteiger partial charge on any atom is 0.115 e. The Morgan fingerprint density at radius 3 is 2.88 bits per heavy atom. The standard InChI is InChI=1S/C13H12N2O/c1-2-10-8-16-5-4-13(10)12(3-1)11-6-14-9-15-7-11/h1-3,6-7,9H,4-5,8H2. The summed E-state index contributed by atoms with van der Waals surface area (Å²) in [5.41, 5.74) is 4.99. The van der Waals surface area contributed by atoms with Gasteiger partial charge in [0.1, 0.15) is 6.33 Å². The van der Waals surface area contributed by atoms with Crippen LogP contribution >= 0.6 is 0 Å². The summed E-state index contributed by atoms with van der Waals surface area (Å²) in [5, 5.41) is 0. The molecule has 3 nitrogen and oxygen atoms in total. The molecule has 80 valence electrons. The van der Waals surface area contributed by atoms with Crippen molar-refractivity contribution < 1.29 is 4.74 Å². The van der Waals surface area contributed by atoms with Gasteiger partial charge in [-0.1, -0.05) is 18.2 Å².